The second-order valence-corrected chi connectivity index (χ2v) is 6.85. The van der Waals surface area contributed by atoms with Crippen LogP contribution in [0.1, 0.15) is 18.1 Å². The normalized spacial score (nSPS) is 10.4. The second-order valence-electron chi connectivity index (χ2n) is 6.85. The third kappa shape index (κ3) is 6.02. The Morgan fingerprint density at radius 2 is 1.91 bits per heavy atom. The summed E-state index contributed by atoms with van der Waals surface area (Å²) in [5.74, 6) is -0.478. The molecule has 0 spiro atoms. The predicted octanol–water partition coefficient (Wildman–Crippen LogP) is 2.14. The molecule has 3 rings (SSSR count). The number of aliphatic hydroxyl groups is 1. The van der Waals surface area contributed by atoms with E-state index in [0.29, 0.717) is 11.4 Å². The molecule has 0 aliphatic carbocycles. The molecule has 166 valence electrons. The van der Waals surface area contributed by atoms with Gasteiger partial charge in [-0.05, 0) is 36.2 Å². The van der Waals surface area contributed by atoms with E-state index in [2.05, 4.69) is 15.7 Å². The van der Waals surface area contributed by atoms with Crippen LogP contribution in [-0.4, -0.2) is 40.1 Å². The van der Waals surface area contributed by atoms with Gasteiger partial charge in [-0.1, -0.05) is 36.4 Å². The first-order valence-electron chi connectivity index (χ1n) is 10.1. The maximum Gasteiger partial charge on any atom is 0.411 e. The first-order chi connectivity index (χ1) is 15.5. The van der Waals surface area contributed by atoms with E-state index in [4.69, 9.17) is 9.84 Å². The number of anilines is 1. The largest absolute Gasteiger partial charge is 0.450 e. The minimum Gasteiger partial charge on any atom is -0.450 e. The highest BCUT2D eigenvalue weighted by atomic mass is 16.5. The Balaban J connectivity index is 1.84. The molecular formula is C23H24N4O5. The molecule has 9 heteroatoms. The van der Waals surface area contributed by atoms with Gasteiger partial charge in [0.05, 0.1) is 18.8 Å². The summed E-state index contributed by atoms with van der Waals surface area (Å²) in [5, 5.41) is 18.7. The standard InChI is InChI=1S/C23H24N4O5/c1-2-32-23(31)25-18-8-5-6-16(12-18)14-27-22(30)11-10-20(26-27)19-9-4-3-7-17(19)13-24-21(29)15-28/h3-12,28H,2,13-15H2,1H3,(H,24,29)(H,25,31). The number of carbonyl (C=O) groups excluding carboxylic acids is 2. The van der Waals surface area contributed by atoms with E-state index in [1.165, 1.54) is 10.7 Å². The van der Waals surface area contributed by atoms with Crippen LogP contribution in [0.3, 0.4) is 0 Å². The molecule has 0 aliphatic heterocycles. The Labute approximate surface area is 184 Å². The molecule has 0 saturated heterocycles. The first-order valence-corrected chi connectivity index (χ1v) is 10.1. The number of amides is 2. The summed E-state index contributed by atoms with van der Waals surface area (Å²) in [4.78, 5) is 35.5. The van der Waals surface area contributed by atoms with E-state index >= 15 is 0 Å². The van der Waals surface area contributed by atoms with Crippen molar-refractivity contribution in [2.75, 3.05) is 18.5 Å². The molecule has 0 bridgehead atoms. The quantitative estimate of drug-likeness (QED) is 0.497. The smallest absolute Gasteiger partial charge is 0.411 e. The van der Waals surface area contributed by atoms with Gasteiger partial charge in [0, 0.05) is 23.9 Å². The van der Waals surface area contributed by atoms with Gasteiger partial charge in [-0.25, -0.2) is 9.48 Å². The van der Waals surface area contributed by atoms with Crippen LogP contribution in [0.5, 0.6) is 0 Å². The van der Waals surface area contributed by atoms with Gasteiger partial charge in [0.15, 0.2) is 0 Å². The van der Waals surface area contributed by atoms with Crippen molar-refractivity contribution < 1.29 is 19.4 Å². The summed E-state index contributed by atoms with van der Waals surface area (Å²) in [6, 6.07) is 17.5. The van der Waals surface area contributed by atoms with Crippen molar-refractivity contribution in [2.45, 2.75) is 20.0 Å². The fourth-order valence-corrected chi connectivity index (χ4v) is 3.09. The highest BCUT2D eigenvalue weighted by Gasteiger charge is 2.10. The van der Waals surface area contributed by atoms with E-state index in [1.54, 1.807) is 31.2 Å². The van der Waals surface area contributed by atoms with E-state index in [9.17, 15) is 14.4 Å². The Kier molecular flexibility index (Phi) is 7.71. The molecule has 0 fully saturated rings. The molecule has 9 nitrogen and oxygen atoms in total. The number of aromatic nitrogens is 2. The van der Waals surface area contributed by atoms with Gasteiger partial charge in [0.2, 0.25) is 5.91 Å². The van der Waals surface area contributed by atoms with Crippen LogP contribution in [0.25, 0.3) is 11.3 Å². The van der Waals surface area contributed by atoms with Gasteiger partial charge >= 0.3 is 6.09 Å². The lowest BCUT2D eigenvalue weighted by Gasteiger charge is -2.12. The van der Waals surface area contributed by atoms with Gasteiger partial charge in [-0.2, -0.15) is 5.10 Å². The van der Waals surface area contributed by atoms with Crippen molar-refractivity contribution in [3.63, 3.8) is 0 Å². The molecule has 3 N–H and O–H groups in total. The molecule has 1 heterocycles. The fourth-order valence-electron chi connectivity index (χ4n) is 3.09. The highest BCUT2D eigenvalue weighted by Crippen LogP contribution is 2.21. The molecule has 2 amide bonds. The molecule has 0 atom stereocenters. The number of nitrogens with zero attached hydrogens (tertiary/aromatic N) is 2. The summed E-state index contributed by atoms with van der Waals surface area (Å²) in [5.41, 5.74) is 3.18. The Morgan fingerprint density at radius 1 is 1.09 bits per heavy atom. The molecule has 3 aromatic rings. The van der Waals surface area contributed by atoms with Crippen LogP contribution in [0.4, 0.5) is 10.5 Å². The van der Waals surface area contributed by atoms with Crippen molar-refractivity contribution >= 4 is 17.7 Å². The summed E-state index contributed by atoms with van der Waals surface area (Å²) in [7, 11) is 0. The fraction of sp³-hybridized carbons (Fsp3) is 0.217. The zero-order chi connectivity index (χ0) is 22.9. The van der Waals surface area contributed by atoms with E-state index in [-0.39, 0.29) is 25.3 Å². The molecule has 32 heavy (non-hydrogen) atoms. The lowest BCUT2D eigenvalue weighted by molar-refractivity contribution is -0.123. The van der Waals surface area contributed by atoms with Crippen molar-refractivity contribution in [3.05, 3.63) is 82.1 Å². The zero-order valence-electron chi connectivity index (χ0n) is 17.6. The van der Waals surface area contributed by atoms with Crippen LogP contribution in [0.2, 0.25) is 0 Å². The zero-order valence-corrected chi connectivity index (χ0v) is 17.6. The van der Waals surface area contributed by atoms with Crippen molar-refractivity contribution in [1.82, 2.24) is 15.1 Å². The van der Waals surface area contributed by atoms with Crippen LogP contribution in [-0.2, 0) is 22.6 Å². The number of nitrogens with one attached hydrogen (secondary N) is 2. The predicted molar refractivity (Wildman–Crippen MR) is 119 cm³/mol. The Hall–Kier alpha value is -3.98. The monoisotopic (exact) mass is 436 g/mol. The third-order valence-electron chi connectivity index (χ3n) is 4.56. The lowest BCUT2D eigenvalue weighted by Crippen LogP contribution is -2.26. The maximum absolute atomic E-state index is 12.4. The van der Waals surface area contributed by atoms with Crippen LogP contribution in [0, 0.1) is 0 Å². The van der Waals surface area contributed by atoms with Crippen LogP contribution < -0.4 is 16.2 Å². The molecule has 0 aliphatic rings. The minimum atomic E-state index is -0.588. The van der Waals surface area contributed by atoms with Crippen LogP contribution in [0.15, 0.2) is 65.5 Å². The minimum absolute atomic E-state index is 0.203. The molecule has 1 aromatic heterocycles. The van der Waals surface area contributed by atoms with E-state index in [0.717, 1.165) is 16.7 Å². The van der Waals surface area contributed by atoms with Crippen molar-refractivity contribution in [1.29, 1.82) is 0 Å². The van der Waals surface area contributed by atoms with E-state index in [1.807, 2.05) is 30.3 Å². The summed E-state index contributed by atoms with van der Waals surface area (Å²) in [6.07, 6.45) is -0.549. The summed E-state index contributed by atoms with van der Waals surface area (Å²) >= 11 is 0. The van der Waals surface area contributed by atoms with Crippen molar-refractivity contribution in [3.8, 4) is 11.3 Å². The summed E-state index contributed by atoms with van der Waals surface area (Å²) in [6.45, 7) is 1.82. The molecule has 0 radical (unpaired) electrons. The highest BCUT2D eigenvalue weighted by molar-refractivity contribution is 5.84. The number of aliphatic hydroxyl groups excluding tert-OH is 1. The summed E-state index contributed by atoms with van der Waals surface area (Å²) < 4.78 is 6.22. The van der Waals surface area contributed by atoms with Gasteiger partial charge < -0.3 is 15.2 Å². The number of hydrogen-bond acceptors (Lipinski definition) is 6. The van der Waals surface area contributed by atoms with Gasteiger partial charge in [0.1, 0.15) is 6.61 Å². The van der Waals surface area contributed by atoms with Gasteiger partial charge in [-0.15, -0.1) is 0 Å². The van der Waals surface area contributed by atoms with Crippen LogP contribution >= 0.6 is 0 Å². The Morgan fingerprint density at radius 3 is 2.69 bits per heavy atom. The second kappa shape index (κ2) is 10.9. The molecule has 0 saturated carbocycles. The third-order valence-corrected chi connectivity index (χ3v) is 4.56. The van der Waals surface area contributed by atoms with Crippen molar-refractivity contribution in [2.24, 2.45) is 0 Å². The Bertz CT molecular complexity index is 1160. The maximum atomic E-state index is 12.4. The topological polar surface area (TPSA) is 123 Å². The molecular weight excluding hydrogens is 412 g/mol. The van der Waals surface area contributed by atoms with Gasteiger partial charge in [-0.3, -0.25) is 14.9 Å². The SMILES string of the molecule is CCOC(=O)Nc1cccc(Cn2nc(-c3ccccc3CNC(=O)CO)ccc2=O)c1. The van der Waals surface area contributed by atoms with Gasteiger partial charge in [0.25, 0.3) is 5.56 Å². The number of ether oxygens (including phenoxy) is 1. The molecule has 2 aromatic carbocycles. The average Bonchev–Trinajstić information content (AvgIpc) is 2.79. The average molecular weight is 436 g/mol. The number of carbonyl (C=O) groups is 2. The number of hydrogen-bond donors (Lipinski definition) is 3. The number of rotatable bonds is 8. The number of benzene rings is 2. The van der Waals surface area contributed by atoms with E-state index < -0.39 is 18.6 Å². The first kappa shape index (κ1) is 22.7. The lowest BCUT2D eigenvalue weighted by atomic mass is 10.0. The molecule has 0 unspecified atom stereocenters.